The fourth-order valence-corrected chi connectivity index (χ4v) is 1.77. The Morgan fingerprint density at radius 1 is 1.29 bits per heavy atom. The maximum absolute atomic E-state index is 11.8. The first-order valence-electron chi connectivity index (χ1n) is 5.90. The topological polar surface area (TPSA) is 97.2 Å². The molecule has 0 aliphatic rings. The second-order valence-electron chi connectivity index (χ2n) is 4.20. The summed E-state index contributed by atoms with van der Waals surface area (Å²) < 4.78 is 0.851. The third-order valence-corrected chi connectivity index (χ3v) is 3.45. The molecule has 8 heteroatoms. The Labute approximate surface area is 128 Å². The number of carbonyl (C=O) groups excluding carboxylic acids is 1. The number of nitrogens with one attached hydrogen (secondary N) is 2. The van der Waals surface area contributed by atoms with Gasteiger partial charge in [0.1, 0.15) is 5.82 Å². The number of nitro groups is 1. The third kappa shape index (κ3) is 3.99. The third-order valence-electron chi connectivity index (χ3n) is 2.62. The first-order valence-corrected chi connectivity index (χ1v) is 6.69. The molecule has 2 rings (SSSR count). The highest BCUT2D eigenvalue weighted by Crippen LogP contribution is 2.18. The molecule has 0 aliphatic carbocycles. The van der Waals surface area contributed by atoms with Crippen molar-refractivity contribution >= 4 is 39.2 Å². The number of aromatic nitrogens is 1. The molecule has 0 bridgehead atoms. The lowest BCUT2D eigenvalue weighted by molar-refractivity contribution is -0.384. The maximum Gasteiger partial charge on any atom is 0.324 e. The Hall–Kier alpha value is -2.48. The van der Waals surface area contributed by atoms with Crippen LogP contribution >= 0.6 is 15.9 Å². The van der Waals surface area contributed by atoms with Crippen LogP contribution in [0.3, 0.4) is 0 Å². The van der Waals surface area contributed by atoms with Crippen LogP contribution in [0.25, 0.3) is 0 Å². The summed E-state index contributed by atoms with van der Waals surface area (Å²) in [5, 5.41) is 15.7. The summed E-state index contributed by atoms with van der Waals surface area (Å²) in [6, 6.07) is 6.79. The van der Waals surface area contributed by atoms with Crippen LogP contribution in [0.2, 0.25) is 0 Å². The second kappa shape index (κ2) is 6.31. The van der Waals surface area contributed by atoms with E-state index in [-0.39, 0.29) is 5.69 Å². The number of halogens is 1. The lowest BCUT2D eigenvalue weighted by Gasteiger charge is -2.08. The molecule has 0 atom stereocenters. The van der Waals surface area contributed by atoms with Crippen LogP contribution in [0.15, 0.2) is 41.0 Å². The summed E-state index contributed by atoms with van der Waals surface area (Å²) >= 11 is 3.32. The number of pyridine rings is 1. The van der Waals surface area contributed by atoms with Gasteiger partial charge in [0.2, 0.25) is 0 Å². The molecule has 1 aromatic carbocycles. The normalized spacial score (nSPS) is 10.0. The number of nitro benzene ring substituents is 1. The fraction of sp³-hybridized carbons (Fsp3) is 0.0769. The van der Waals surface area contributed by atoms with Gasteiger partial charge in [-0.15, -0.1) is 0 Å². The van der Waals surface area contributed by atoms with Crippen LogP contribution < -0.4 is 10.6 Å². The minimum Gasteiger partial charge on any atom is -0.308 e. The van der Waals surface area contributed by atoms with Gasteiger partial charge in [-0.3, -0.25) is 15.4 Å². The highest BCUT2D eigenvalue weighted by molar-refractivity contribution is 9.10. The lowest BCUT2D eigenvalue weighted by Crippen LogP contribution is -2.20. The van der Waals surface area contributed by atoms with Crippen molar-refractivity contribution < 1.29 is 9.72 Å². The predicted octanol–water partition coefficient (Wildman–Crippen LogP) is 3.70. The monoisotopic (exact) mass is 350 g/mol. The molecule has 0 unspecified atom stereocenters. The zero-order chi connectivity index (χ0) is 15.4. The average molecular weight is 351 g/mol. The Morgan fingerprint density at radius 3 is 2.52 bits per heavy atom. The van der Waals surface area contributed by atoms with E-state index in [1.165, 1.54) is 24.3 Å². The number of urea groups is 1. The van der Waals surface area contributed by atoms with Crippen LogP contribution in [0.4, 0.5) is 22.0 Å². The zero-order valence-electron chi connectivity index (χ0n) is 11.0. The van der Waals surface area contributed by atoms with Crippen molar-refractivity contribution in [2.24, 2.45) is 0 Å². The Kier molecular flexibility index (Phi) is 4.49. The van der Waals surface area contributed by atoms with Crippen LogP contribution in [0, 0.1) is 17.0 Å². The predicted molar refractivity (Wildman–Crippen MR) is 82.4 cm³/mol. The van der Waals surface area contributed by atoms with Gasteiger partial charge in [-0.1, -0.05) is 0 Å². The van der Waals surface area contributed by atoms with Crippen molar-refractivity contribution in [2.45, 2.75) is 6.92 Å². The number of benzene rings is 1. The largest absolute Gasteiger partial charge is 0.324 e. The number of hydrogen-bond donors (Lipinski definition) is 2. The molecule has 2 aromatic rings. The van der Waals surface area contributed by atoms with Gasteiger partial charge in [-0.25, -0.2) is 9.78 Å². The van der Waals surface area contributed by atoms with Crippen LogP contribution in [-0.4, -0.2) is 15.9 Å². The van der Waals surface area contributed by atoms with E-state index in [9.17, 15) is 14.9 Å². The average Bonchev–Trinajstić information content (AvgIpc) is 2.43. The minimum atomic E-state index is -0.502. The molecule has 0 saturated carbocycles. The summed E-state index contributed by atoms with van der Waals surface area (Å²) in [7, 11) is 0. The van der Waals surface area contributed by atoms with Gasteiger partial charge >= 0.3 is 6.03 Å². The maximum atomic E-state index is 11.8. The van der Waals surface area contributed by atoms with Crippen molar-refractivity contribution in [3.8, 4) is 0 Å². The number of amides is 2. The summed E-state index contributed by atoms with van der Waals surface area (Å²) in [4.78, 5) is 25.9. The van der Waals surface area contributed by atoms with E-state index in [2.05, 4.69) is 31.5 Å². The molecular formula is C13H11BrN4O3. The lowest BCUT2D eigenvalue weighted by atomic mass is 10.3. The quantitative estimate of drug-likeness (QED) is 0.651. The SMILES string of the molecule is Cc1cc(NC(=O)Nc2ccc([N+](=O)[O-])cc2)ncc1Br. The number of hydrogen-bond acceptors (Lipinski definition) is 4. The smallest absolute Gasteiger partial charge is 0.308 e. The molecule has 7 nitrogen and oxygen atoms in total. The molecule has 108 valence electrons. The molecular weight excluding hydrogens is 340 g/mol. The summed E-state index contributed by atoms with van der Waals surface area (Å²) in [5.41, 5.74) is 1.36. The van der Waals surface area contributed by atoms with Gasteiger partial charge in [0.15, 0.2) is 0 Å². The fourth-order valence-electron chi connectivity index (χ4n) is 1.55. The molecule has 1 aromatic heterocycles. The van der Waals surface area contributed by atoms with Crippen molar-refractivity contribution in [3.63, 3.8) is 0 Å². The van der Waals surface area contributed by atoms with E-state index in [1.807, 2.05) is 6.92 Å². The highest BCUT2D eigenvalue weighted by atomic mass is 79.9. The molecule has 0 saturated heterocycles. The second-order valence-corrected chi connectivity index (χ2v) is 5.06. The van der Waals surface area contributed by atoms with Gasteiger partial charge in [0.25, 0.3) is 5.69 Å². The molecule has 0 aliphatic heterocycles. The van der Waals surface area contributed by atoms with E-state index in [0.717, 1.165) is 10.0 Å². The van der Waals surface area contributed by atoms with E-state index >= 15 is 0 Å². The van der Waals surface area contributed by atoms with E-state index < -0.39 is 11.0 Å². The molecule has 0 radical (unpaired) electrons. The molecule has 1 heterocycles. The van der Waals surface area contributed by atoms with Crippen molar-refractivity contribution in [1.29, 1.82) is 0 Å². The Balaban J connectivity index is 2.01. The molecule has 2 amide bonds. The minimum absolute atomic E-state index is 0.0360. The standard InChI is InChI=1S/C13H11BrN4O3/c1-8-6-12(15-7-11(8)14)17-13(19)16-9-2-4-10(5-3-9)18(20)21/h2-7H,1H3,(H2,15,16,17,19). The van der Waals surface area contributed by atoms with Crippen molar-refractivity contribution in [2.75, 3.05) is 10.6 Å². The number of anilines is 2. The van der Waals surface area contributed by atoms with Gasteiger partial charge in [0.05, 0.1) is 4.92 Å². The summed E-state index contributed by atoms with van der Waals surface area (Å²) in [5.74, 6) is 0.412. The Bertz CT molecular complexity index is 688. The number of aryl methyl sites for hydroxylation is 1. The van der Waals surface area contributed by atoms with Crippen LogP contribution in [-0.2, 0) is 0 Å². The zero-order valence-corrected chi connectivity index (χ0v) is 12.5. The number of rotatable bonds is 3. The van der Waals surface area contributed by atoms with Gasteiger partial charge in [-0.2, -0.15) is 0 Å². The van der Waals surface area contributed by atoms with E-state index in [1.54, 1.807) is 12.3 Å². The van der Waals surface area contributed by atoms with E-state index in [4.69, 9.17) is 0 Å². The first kappa shape index (κ1) is 14.9. The van der Waals surface area contributed by atoms with Crippen molar-refractivity contribution in [3.05, 3.63) is 56.7 Å². The number of non-ortho nitro benzene ring substituents is 1. The Morgan fingerprint density at radius 2 is 1.95 bits per heavy atom. The summed E-state index contributed by atoms with van der Waals surface area (Å²) in [6.07, 6.45) is 1.59. The molecule has 21 heavy (non-hydrogen) atoms. The summed E-state index contributed by atoms with van der Waals surface area (Å²) in [6.45, 7) is 1.88. The number of carbonyl (C=O) groups is 1. The first-order chi connectivity index (χ1) is 9.95. The van der Waals surface area contributed by atoms with Crippen molar-refractivity contribution in [1.82, 2.24) is 4.98 Å². The van der Waals surface area contributed by atoms with Gasteiger partial charge in [0, 0.05) is 28.5 Å². The van der Waals surface area contributed by atoms with Gasteiger partial charge < -0.3 is 5.32 Å². The van der Waals surface area contributed by atoms with Crippen LogP contribution in [0.1, 0.15) is 5.56 Å². The number of nitrogens with zero attached hydrogens (tertiary/aromatic N) is 2. The highest BCUT2D eigenvalue weighted by Gasteiger charge is 2.07. The molecule has 0 spiro atoms. The molecule has 0 fully saturated rings. The molecule has 2 N–H and O–H groups in total. The van der Waals surface area contributed by atoms with Crippen LogP contribution in [0.5, 0.6) is 0 Å². The van der Waals surface area contributed by atoms with E-state index in [0.29, 0.717) is 11.5 Å². The van der Waals surface area contributed by atoms with Gasteiger partial charge in [-0.05, 0) is 46.6 Å².